The highest BCUT2D eigenvalue weighted by atomic mass is 16.5. The normalized spacial score (nSPS) is 16.1. The summed E-state index contributed by atoms with van der Waals surface area (Å²) in [4.78, 5) is 8.76. The second-order valence-electron chi connectivity index (χ2n) is 5.55. The van der Waals surface area contributed by atoms with Crippen LogP contribution in [0.15, 0.2) is 47.7 Å². The smallest absolute Gasteiger partial charge is 0.269 e. The van der Waals surface area contributed by atoms with Gasteiger partial charge in [-0.25, -0.2) is 9.67 Å². The van der Waals surface area contributed by atoms with E-state index in [1.165, 1.54) is 0 Å². The van der Waals surface area contributed by atoms with Crippen LogP contribution in [0.1, 0.15) is 23.6 Å². The molecule has 0 fully saturated rings. The van der Waals surface area contributed by atoms with Crippen LogP contribution in [0.5, 0.6) is 11.5 Å². The third-order valence-electron chi connectivity index (χ3n) is 4.18. The monoisotopic (exact) mass is 336 g/mol. The number of aliphatic imine (C=N–C) groups is 1. The molecule has 0 radical (unpaired) electrons. The molecule has 126 valence electrons. The molecule has 25 heavy (non-hydrogen) atoms. The van der Waals surface area contributed by atoms with Crippen LogP contribution in [0.4, 0.5) is 5.95 Å². The van der Waals surface area contributed by atoms with Crippen LogP contribution in [0.25, 0.3) is 0 Å². The van der Waals surface area contributed by atoms with E-state index in [0.29, 0.717) is 12.4 Å². The van der Waals surface area contributed by atoms with Gasteiger partial charge in [0.05, 0.1) is 26.0 Å². The number of benzene rings is 1. The van der Waals surface area contributed by atoms with Gasteiger partial charge in [0.15, 0.2) is 0 Å². The Balaban J connectivity index is 1.83. The Morgan fingerprint density at radius 2 is 2.08 bits per heavy atom. The minimum atomic E-state index is -0.150. The van der Waals surface area contributed by atoms with Crippen LogP contribution in [0.3, 0.4) is 0 Å². The van der Waals surface area contributed by atoms with Gasteiger partial charge in [-0.15, -0.1) is 0 Å². The number of hydrogen-bond acceptors (Lipinski definition) is 7. The van der Waals surface area contributed by atoms with Gasteiger partial charge < -0.3 is 9.47 Å². The summed E-state index contributed by atoms with van der Waals surface area (Å²) in [6.45, 7) is 0. The molecular formula is C17H16N6O2. The number of methoxy groups -OCH3 is 2. The molecule has 0 bridgehead atoms. The number of ether oxygens (including phenoxy) is 2. The summed E-state index contributed by atoms with van der Waals surface area (Å²) in [5, 5.41) is 11.9. The van der Waals surface area contributed by atoms with Crippen LogP contribution < -0.4 is 9.47 Å². The molecule has 4 rings (SSSR count). The van der Waals surface area contributed by atoms with E-state index in [-0.39, 0.29) is 6.04 Å². The lowest BCUT2D eigenvalue weighted by Crippen LogP contribution is -2.22. The summed E-state index contributed by atoms with van der Waals surface area (Å²) in [7, 11) is 3.28. The zero-order chi connectivity index (χ0) is 17.2. The Bertz CT molecular complexity index is 922. The topological polar surface area (TPSA) is 87.3 Å². The summed E-state index contributed by atoms with van der Waals surface area (Å²) >= 11 is 0. The van der Waals surface area contributed by atoms with E-state index >= 15 is 0 Å². The quantitative estimate of drug-likeness (QED) is 0.726. The van der Waals surface area contributed by atoms with Crippen molar-refractivity contribution in [3.05, 3.63) is 53.9 Å². The average Bonchev–Trinajstić information content (AvgIpc) is 3.16. The molecule has 0 aliphatic carbocycles. The number of tetrazole rings is 1. The predicted octanol–water partition coefficient (Wildman–Crippen LogP) is 2.20. The first-order chi connectivity index (χ1) is 12.3. The van der Waals surface area contributed by atoms with E-state index in [0.717, 1.165) is 28.3 Å². The van der Waals surface area contributed by atoms with E-state index in [1.807, 2.05) is 30.3 Å². The van der Waals surface area contributed by atoms with Gasteiger partial charge in [0.25, 0.3) is 5.95 Å². The van der Waals surface area contributed by atoms with E-state index in [2.05, 4.69) is 25.5 Å². The first-order valence-electron chi connectivity index (χ1n) is 7.78. The highest BCUT2D eigenvalue weighted by Gasteiger charge is 2.29. The van der Waals surface area contributed by atoms with Crippen molar-refractivity contribution in [1.82, 2.24) is 25.2 Å². The van der Waals surface area contributed by atoms with Crippen molar-refractivity contribution in [1.29, 1.82) is 0 Å². The third-order valence-corrected chi connectivity index (χ3v) is 4.18. The minimum absolute atomic E-state index is 0.150. The lowest BCUT2D eigenvalue weighted by molar-refractivity contribution is 0.387. The van der Waals surface area contributed by atoms with Crippen LogP contribution in [0.2, 0.25) is 0 Å². The van der Waals surface area contributed by atoms with Crippen LogP contribution in [-0.4, -0.2) is 45.1 Å². The number of pyridine rings is 1. The standard InChI is InChI=1S/C17H16N6O2/c1-24-12-5-6-16(25-2)13(8-12)15-9-14(11-4-3-7-18-10-11)19-17-20-21-22-23(15)17/h3-8,10,15H,9H2,1-2H3. The molecule has 8 heteroatoms. The van der Waals surface area contributed by atoms with Gasteiger partial charge in [0, 0.05) is 29.9 Å². The molecule has 2 aromatic heterocycles. The second-order valence-corrected chi connectivity index (χ2v) is 5.55. The summed E-state index contributed by atoms with van der Waals surface area (Å²) < 4.78 is 12.6. The second kappa shape index (κ2) is 6.31. The predicted molar refractivity (Wildman–Crippen MR) is 90.6 cm³/mol. The molecule has 0 N–H and O–H groups in total. The van der Waals surface area contributed by atoms with E-state index in [4.69, 9.17) is 9.47 Å². The number of rotatable bonds is 4. The van der Waals surface area contributed by atoms with Crippen molar-refractivity contribution in [2.45, 2.75) is 12.5 Å². The number of aromatic nitrogens is 5. The molecule has 3 heterocycles. The molecule has 1 aromatic carbocycles. The van der Waals surface area contributed by atoms with E-state index in [1.54, 1.807) is 31.3 Å². The molecule has 1 unspecified atom stereocenters. The SMILES string of the molecule is COc1ccc(OC)c(C2CC(c3cccnc3)=Nc3nnnn32)c1. The summed E-state index contributed by atoms with van der Waals surface area (Å²) in [6.07, 6.45) is 4.14. The van der Waals surface area contributed by atoms with Gasteiger partial charge in [-0.05, 0) is 34.7 Å². The molecule has 3 aromatic rings. The average molecular weight is 336 g/mol. The van der Waals surface area contributed by atoms with Crippen molar-refractivity contribution in [3.8, 4) is 11.5 Å². The lowest BCUT2D eigenvalue weighted by atomic mass is 9.96. The molecular weight excluding hydrogens is 320 g/mol. The maximum Gasteiger partial charge on any atom is 0.269 e. The Labute approximate surface area is 144 Å². The first-order valence-corrected chi connectivity index (χ1v) is 7.78. The van der Waals surface area contributed by atoms with Gasteiger partial charge in [0.2, 0.25) is 0 Å². The van der Waals surface area contributed by atoms with Crippen molar-refractivity contribution >= 4 is 11.7 Å². The third kappa shape index (κ3) is 2.71. The van der Waals surface area contributed by atoms with Crippen LogP contribution in [-0.2, 0) is 0 Å². The Morgan fingerprint density at radius 3 is 2.84 bits per heavy atom. The molecule has 0 saturated carbocycles. The van der Waals surface area contributed by atoms with Crippen LogP contribution in [0, 0.1) is 0 Å². The number of nitrogens with zero attached hydrogens (tertiary/aromatic N) is 6. The molecule has 1 aliphatic rings. The van der Waals surface area contributed by atoms with Gasteiger partial charge >= 0.3 is 0 Å². The summed E-state index contributed by atoms with van der Waals surface area (Å²) in [5.41, 5.74) is 2.76. The maximum atomic E-state index is 5.54. The van der Waals surface area contributed by atoms with Crippen molar-refractivity contribution < 1.29 is 9.47 Å². The Kier molecular flexibility index (Phi) is 3.85. The van der Waals surface area contributed by atoms with Crippen molar-refractivity contribution in [3.63, 3.8) is 0 Å². The zero-order valence-electron chi connectivity index (χ0n) is 13.8. The minimum Gasteiger partial charge on any atom is -0.497 e. The van der Waals surface area contributed by atoms with Gasteiger partial charge in [0.1, 0.15) is 11.5 Å². The zero-order valence-corrected chi connectivity index (χ0v) is 13.8. The molecule has 0 amide bonds. The van der Waals surface area contributed by atoms with Crippen molar-refractivity contribution in [2.24, 2.45) is 4.99 Å². The Hall–Kier alpha value is -3.29. The molecule has 0 saturated heterocycles. The highest BCUT2D eigenvalue weighted by Crippen LogP contribution is 2.37. The van der Waals surface area contributed by atoms with Crippen LogP contribution >= 0.6 is 0 Å². The molecule has 1 aliphatic heterocycles. The fraction of sp³-hybridized carbons (Fsp3) is 0.235. The largest absolute Gasteiger partial charge is 0.497 e. The fourth-order valence-electron chi connectivity index (χ4n) is 2.96. The van der Waals surface area contributed by atoms with Gasteiger partial charge in [-0.2, -0.15) is 0 Å². The molecule has 1 atom stereocenters. The number of hydrogen-bond donors (Lipinski definition) is 0. The molecule has 0 spiro atoms. The van der Waals surface area contributed by atoms with E-state index in [9.17, 15) is 0 Å². The van der Waals surface area contributed by atoms with E-state index < -0.39 is 0 Å². The van der Waals surface area contributed by atoms with Gasteiger partial charge in [-0.1, -0.05) is 11.2 Å². The first kappa shape index (κ1) is 15.3. The van der Waals surface area contributed by atoms with Gasteiger partial charge in [-0.3, -0.25) is 4.98 Å². The summed E-state index contributed by atoms with van der Waals surface area (Å²) in [6, 6.07) is 9.40. The van der Waals surface area contributed by atoms with Crippen molar-refractivity contribution in [2.75, 3.05) is 14.2 Å². The summed E-state index contributed by atoms with van der Waals surface area (Å²) in [5.74, 6) is 1.95. The maximum absolute atomic E-state index is 5.54. The Morgan fingerprint density at radius 1 is 1.16 bits per heavy atom. The lowest BCUT2D eigenvalue weighted by Gasteiger charge is -2.24. The number of fused-ring (bicyclic) bond motifs is 1. The molecule has 8 nitrogen and oxygen atoms in total. The fourth-order valence-corrected chi connectivity index (χ4v) is 2.96. The highest BCUT2D eigenvalue weighted by molar-refractivity contribution is 6.02.